The maximum absolute atomic E-state index is 13.3. The summed E-state index contributed by atoms with van der Waals surface area (Å²) in [5, 5.41) is 54.3. The first-order valence-electron chi connectivity index (χ1n) is 19.7. The molecule has 5 N–H and O–H groups in total. The van der Waals surface area contributed by atoms with Crippen LogP contribution in [-0.2, 0) is 38.1 Å². The van der Waals surface area contributed by atoms with Crippen LogP contribution in [0.15, 0.2) is 36.0 Å². The van der Waals surface area contributed by atoms with Crippen LogP contribution in [0.5, 0.6) is 0 Å². The van der Waals surface area contributed by atoms with Crippen molar-refractivity contribution in [3.05, 3.63) is 36.0 Å². The Hall–Kier alpha value is -2.62. The SMILES string of the molecule is CC[C@H](O)[C@H](C)[C@H]1OC(=O)C[C@H](O)[C@@H](C)C(=O)/C(C)=C/[C@@H](C)C(=O)/C=C/[C@@H](C)[C@@H](O[C@H]2O[C@@H](C)[C@@H](O)[C@@H](OC)[C@H]2O)[C@@H](C)C[C@@H](C)C(=O)/C=C/C[C@@H](O)[C@@H]1C. The fraction of sp³-hybridized carbons (Fsp3) is 0.762. The van der Waals surface area contributed by atoms with Crippen LogP contribution in [0.1, 0.15) is 94.9 Å². The number of cyclic esters (lactones) is 1. The first kappa shape index (κ1) is 48.5. The summed E-state index contributed by atoms with van der Waals surface area (Å²) in [6.07, 6.45) is -2.41. The predicted molar refractivity (Wildman–Crippen MR) is 205 cm³/mol. The molecule has 2 aliphatic rings. The molecule has 55 heavy (non-hydrogen) atoms. The lowest BCUT2D eigenvalue weighted by atomic mass is 9.83. The first-order valence-corrected chi connectivity index (χ1v) is 19.7. The molecule has 0 amide bonds. The maximum atomic E-state index is 13.3. The van der Waals surface area contributed by atoms with Crippen molar-refractivity contribution < 1.29 is 63.7 Å². The van der Waals surface area contributed by atoms with Crippen molar-refractivity contribution in [1.29, 1.82) is 0 Å². The van der Waals surface area contributed by atoms with E-state index in [1.54, 1.807) is 60.6 Å². The molecule has 0 aliphatic carbocycles. The number of carbonyl (C=O) groups excluding carboxylic acids is 4. The predicted octanol–water partition coefficient (Wildman–Crippen LogP) is 3.66. The highest BCUT2D eigenvalue weighted by atomic mass is 16.7. The van der Waals surface area contributed by atoms with Gasteiger partial charge >= 0.3 is 5.97 Å². The van der Waals surface area contributed by atoms with Crippen molar-refractivity contribution in [3.8, 4) is 0 Å². The second-order valence-corrected chi connectivity index (χ2v) is 16.0. The summed E-state index contributed by atoms with van der Waals surface area (Å²) in [4.78, 5) is 53.1. The van der Waals surface area contributed by atoms with Crippen molar-refractivity contribution in [2.75, 3.05) is 7.11 Å². The lowest BCUT2D eigenvalue weighted by molar-refractivity contribution is -0.313. The monoisotopic (exact) mass is 780 g/mol. The minimum absolute atomic E-state index is 0.0551. The van der Waals surface area contributed by atoms with Gasteiger partial charge in [-0.05, 0) is 56.8 Å². The minimum Gasteiger partial charge on any atom is -0.462 e. The minimum atomic E-state index is -1.40. The van der Waals surface area contributed by atoms with E-state index in [1.165, 1.54) is 32.3 Å². The molecule has 1 saturated heterocycles. The number of allylic oxidation sites excluding steroid dienone is 4. The highest BCUT2D eigenvalue weighted by Crippen LogP contribution is 2.32. The Morgan fingerprint density at radius 2 is 1.53 bits per heavy atom. The zero-order chi connectivity index (χ0) is 41.9. The van der Waals surface area contributed by atoms with Crippen LogP contribution in [0.2, 0.25) is 0 Å². The summed E-state index contributed by atoms with van der Waals surface area (Å²) in [5.74, 6) is -5.96. The molecule has 2 heterocycles. The van der Waals surface area contributed by atoms with Gasteiger partial charge in [0.05, 0.1) is 36.9 Å². The van der Waals surface area contributed by atoms with E-state index >= 15 is 0 Å². The van der Waals surface area contributed by atoms with Gasteiger partial charge in [0.15, 0.2) is 23.6 Å². The number of hydrogen-bond donors (Lipinski definition) is 5. The molecule has 0 unspecified atom stereocenters. The quantitative estimate of drug-likeness (QED) is 0.245. The fourth-order valence-corrected chi connectivity index (χ4v) is 7.46. The number of carbonyl (C=O) groups is 4. The lowest BCUT2D eigenvalue weighted by Gasteiger charge is -2.43. The molecule has 314 valence electrons. The molecule has 0 bridgehead atoms. The van der Waals surface area contributed by atoms with Crippen LogP contribution < -0.4 is 0 Å². The Labute approximate surface area is 327 Å². The summed E-state index contributed by atoms with van der Waals surface area (Å²) >= 11 is 0. The molecule has 0 radical (unpaired) electrons. The Bertz CT molecular complexity index is 1360. The van der Waals surface area contributed by atoms with Crippen LogP contribution in [0.3, 0.4) is 0 Å². The fourth-order valence-electron chi connectivity index (χ4n) is 7.46. The molecular weight excluding hydrogens is 712 g/mol. The van der Waals surface area contributed by atoms with Gasteiger partial charge in [-0.15, -0.1) is 0 Å². The molecule has 0 saturated carbocycles. The van der Waals surface area contributed by atoms with E-state index in [2.05, 4.69) is 0 Å². The van der Waals surface area contributed by atoms with Gasteiger partial charge in [-0.2, -0.15) is 0 Å². The molecule has 0 aromatic heterocycles. The Morgan fingerprint density at radius 3 is 2.13 bits per heavy atom. The molecular formula is C42H68O13. The van der Waals surface area contributed by atoms with E-state index in [4.69, 9.17) is 18.9 Å². The molecule has 1 fully saturated rings. The van der Waals surface area contributed by atoms with E-state index in [9.17, 15) is 44.7 Å². The number of aliphatic hydroxyl groups is 5. The van der Waals surface area contributed by atoms with Gasteiger partial charge in [0, 0.05) is 42.6 Å². The highest BCUT2D eigenvalue weighted by molar-refractivity contribution is 5.99. The van der Waals surface area contributed by atoms with Crippen molar-refractivity contribution in [2.45, 2.75) is 156 Å². The average Bonchev–Trinajstić information content (AvgIpc) is 3.14. The molecule has 2 aliphatic heterocycles. The van der Waals surface area contributed by atoms with Crippen LogP contribution in [0, 0.1) is 41.4 Å². The van der Waals surface area contributed by atoms with Crippen molar-refractivity contribution in [1.82, 2.24) is 0 Å². The smallest absolute Gasteiger partial charge is 0.308 e. The Balaban J connectivity index is 2.53. The van der Waals surface area contributed by atoms with Gasteiger partial charge in [0.2, 0.25) is 0 Å². The first-order chi connectivity index (χ1) is 25.7. The largest absolute Gasteiger partial charge is 0.462 e. The average molecular weight is 781 g/mol. The van der Waals surface area contributed by atoms with Crippen LogP contribution >= 0.6 is 0 Å². The van der Waals surface area contributed by atoms with Crippen LogP contribution in [0.25, 0.3) is 0 Å². The molecule has 0 aromatic carbocycles. The number of methoxy groups -OCH3 is 1. The highest BCUT2D eigenvalue weighted by Gasteiger charge is 2.45. The van der Waals surface area contributed by atoms with Crippen molar-refractivity contribution >= 4 is 23.3 Å². The molecule has 13 heteroatoms. The second kappa shape index (κ2) is 22.4. The van der Waals surface area contributed by atoms with E-state index in [1.807, 2.05) is 13.8 Å². The molecule has 13 nitrogen and oxygen atoms in total. The van der Waals surface area contributed by atoms with E-state index in [0.717, 1.165) is 0 Å². The number of Topliss-reactive ketones (excluding diaryl/α,β-unsaturated/α-hetero) is 1. The molecule has 0 spiro atoms. The third-order valence-corrected chi connectivity index (χ3v) is 11.5. The van der Waals surface area contributed by atoms with Gasteiger partial charge in [-0.1, -0.05) is 73.6 Å². The number of ketones is 3. The summed E-state index contributed by atoms with van der Waals surface area (Å²) in [6.45, 7) is 17.0. The number of esters is 1. The number of ether oxygens (including phenoxy) is 4. The molecule has 17 atom stereocenters. The number of aliphatic hydroxyl groups excluding tert-OH is 5. The van der Waals surface area contributed by atoms with Gasteiger partial charge in [-0.25, -0.2) is 0 Å². The Morgan fingerprint density at radius 1 is 0.891 bits per heavy atom. The zero-order valence-electron chi connectivity index (χ0n) is 34.5. The van der Waals surface area contributed by atoms with Crippen molar-refractivity contribution in [3.63, 3.8) is 0 Å². The van der Waals surface area contributed by atoms with Crippen LogP contribution in [-0.4, -0.2) is 117 Å². The van der Waals surface area contributed by atoms with E-state index in [0.29, 0.717) is 12.8 Å². The third-order valence-electron chi connectivity index (χ3n) is 11.5. The standard InChI is InChI=1S/C42H68O13/c1-12-30(43)27(8)40-28(9)33(46)15-13-14-31(44)23(4)19-25(6)39(55-42-38(51)41(52-11)37(50)29(10)53-42)21(2)16-17-32(45)22(3)18-24(5)36(49)26(7)34(47)20-35(48)54-40/h13-14,16-18,21-23,25-30,33-34,37-43,46-47,50-51H,12,15,19-20H2,1-11H3/b14-13+,17-16+,24-18+/t21-,22-,23-,25+,26-,27+,28+,29+,30+,33-,34+,37-,38-,39-,40-,41-,42-/m1/s1. The van der Waals surface area contributed by atoms with Crippen molar-refractivity contribution in [2.24, 2.45) is 41.4 Å². The zero-order valence-corrected chi connectivity index (χ0v) is 34.5. The second-order valence-electron chi connectivity index (χ2n) is 16.0. The van der Waals surface area contributed by atoms with Crippen LogP contribution in [0.4, 0.5) is 0 Å². The number of hydrogen-bond acceptors (Lipinski definition) is 13. The number of rotatable bonds is 6. The topological polar surface area (TPSA) is 206 Å². The molecule has 0 aromatic rings. The van der Waals surface area contributed by atoms with E-state index in [-0.39, 0.29) is 29.5 Å². The molecule has 2 rings (SSSR count). The van der Waals surface area contributed by atoms with Gasteiger partial charge in [0.1, 0.15) is 24.4 Å². The normalized spacial score (nSPS) is 42.0. The summed E-state index contributed by atoms with van der Waals surface area (Å²) in [5.41, 5.74) is 0.236. The summed E-state index contributed by atoms with van der Waals surface area (Å²) in [7, 11) is 1.37. The summed E-state index contributed by atoms with van der Waals surface area (Å²) in [6, 6.07) is 0. The van der Waals surface area contributed by atoms with Gasteiger partial charge < -0.3 is 44.5 Å². The maximum Gasteiger partial charge on any atom is 0.308 e. The van der Waals surface area contributed by atoms with Gasteiger partial charge in [0.25, 0.3) is 0 Å². The van der Waals surface area contributed by atoms with Gasteiger partial charge in [-0.3, -0.25) is 19.2 Å². The van der Waals surface area contributed by atoms with E-state index < -0.39 is 115 Å². The Kier molecular flexibility index (Phi) is 19.7. The summed E-state index contributed by atoms with van der Waals surface area (Å²) < 4.78 is 23.4. The third kappa shape index (κ3) is 13.5. The lowest BCUT2D eigenvalue weighted by Crippen LogP contribution is -2.59.